The summed E-state index contributed by atoms with van der Waals surface area (Å²) in [5.74, 6) is 1.66. The van der Waals surface area contributed by atoms with Gasteiger partial charge in [-0.15, -0.1) is 10.2 Å². The molecule has 0 unspecified atom stereocenters. The third kappa shape index (κ3) is 7.37. The molecule has 1 aromatic heterocycles. The molecule has 4 aromatic carbocycles. The van der Waals surface area contributed by atoms with Crippen LogP contribution in [-0.4, -0.2) is 39.7 Å². The van der Waals surface area contributed by atoms with E-state index in [-0.39, 0.29) is 11.7 Å². The average Bonchev–Trinajstić information content (AvgIpc) is 3.44. The van der Waals surface area contributed by atoms with E-state index in [1.165, 1.54) is 11.8 Å². The Hall–Kier alpha value is -4.60. The molecule has 212 valence electrons. The fourth-order valence-corrected chi connectivity index (χ4v) is 4.91. The van der Waals surface area contributed by atoms with E-state index in [2.05, 4.69) is 20.7 Å². The zero-order valence-electron chi connectivity index (χ0n) is 23.0. The molecule has 1 N–H and O–H groups in total. The zero-order valence-corrected chi connectivity index (χ0v) is 24.6. The number of halogens is 1. The van der Waals surface area contributed by atoms with Crippen LogP contribution >= 0.6 is 23.4 Å². The van der Waals surface area contributed by atoms with Gasteiger partial charge >= 0.3 is 0 Å². The van der Waals surface area contributed by atoms with Gasteiger partial charge < -0.3 is 9.47 Å². The Morgan fingerprint density at radius 3 is 2.48 bits per heavy atom. The number of carbonyl (C=O) groups excluding carboxylic acids is 1. The van der Waals surface area contributed by atoms with Gasteiger partial charge in [-0.2, -0.15) is 5.10 Å². The predicted molar refractivity (Wildman–Crippen MR) is 167 cm³/mol. The highest BCUT2D eigenvalue weighted by Gasteiger charge is 2.17. The number of nitrogens with one attached hydrogen (secondary N) is 1. The van der Waals surface area contributed by atoms with Crippen molar-refractivity contribution in [3.8, 4) is 28.6 Å². The molecular weight excluding hydrogens is 570 g/mol. The van der Waals surface area contributed by atoms with Crippen molar-refractivity contribution < 1.29 is 14.3 Å². The highest BCUT2D eigenvalue weighted by Crippen LogP contribution is 2.30. The molecule has 10 heteroatoms. The van der Waals surface area contributed by atoms with E-state index in [0.29, 0.717) is 34.1 Å². The minimum atomic E-state index is -0.280. The number of hydrogen-bond donors (Lipinski definition) is 1. The molecule has 0 aliphatic rings. The number of nitrogens with zero attached hydrogens (tertiary/aromatic N) is 4. The lowest BCUT2D eigenvalue weighted by Crippen LogP contribution is -2.20. The number of ether oxygens (including phenoxy) is 2. The van der Waals surface area contributed by atoms with E-state index in [4.69, 9.17) is 21.1 Å². The minimum Gasteiger partial charge on any atom is -0.493 e. The summed E-state index contributed by atoms with van der Waals surface area (Å²) < 4.78 is 13.3. The van der Waals surface area contributed by atoms with E-state index in [9.17, 15) is 4.79 Å². The summed E-state index contributed by atoms with van der Waals surface area (Å²) in [6.45, 7) is 2.46. The van der Waals surface area contributed by atoms with Crippen molar-refractivity contribution in [2.45, 2.75) is 18.7 Å². The zero-order chi connectivity index (χ0) is 29.3. The fourth-order valence-electron chi connectivity index (χ4n) is 4.04. The molecule has 1 heterocycles. The molecule has 0 saturated carbocycles. The van der Waals surface area contributed by atoms with Gasteiger partial charge in [-0.05, 0) is 72.6 Å². The second-order valence-electron chi connectivity index (χ2n) is 9.25. The second kappa shape index (κ2) is 13.8. The van der Waals surface area contributed by atoms with E-state index < -0.39 is 0 Å². The van der Waals surface area contributed by atoms with E-state index in [0.717, 1.165) is 27.9 Å². The Kier molecular flexibility index (Phi) is 9.53. The summed E-state index contributed by atoms with van der Waals surface area (Å²) >= 11 is 7.36. The van der Waals surface area contributed by atoms with Crippen LogP contribution in [0.4, 0.5) is 0 Å². The number of hydrogen-bond acceptors (Lipinski definition) is 7. The fraction of sp³-hybridized carbons (Fsp3) is 0.125. The van der Waals surface area contributed by atoms with Crippen molar-refractivity contribution in [2.75, 3.05) is 12.9 Å². The number of methoxy groups -OCH3 is 1. The van der Waals surface area contributed by atoms with Crippen LogP contribution in [0, 0.1) is 6.92 Å². The molecule has 0 aliphatic carbocycles. The molecule has 8 nitrogen and oxygen atoms in total. The number of benzene rings is 4. The maximum Gasteiger partial charge on any atom is 0.250 e. The molecule has 5 aromatic rings. The standard InChI is InChI=1S/C32H28ClN5O3S/c1-22-8-15-27(16-9-22)38-31(25-11-13-26(33)14-12-25)36-37-32(38)42-21-30(39)35-34-19-24-10-17-28(29(18-24)40-2)41-20-23-6-4-3-5-7-23/h3-19H,20-21H2,1-2H3,(H,35,39). The normalized spacial score (nSPS) is 11.0. The summed E-state index contributed by atoms with van der Waals surface area (Å²) in [6, 6.07) is 30.8. The van der Waals surface area contributed by atoms with E-state index in [1.807, 2.05) is 102 Å². The molecule has 5 rings (SSSR count). The Morgan fingerprint density at radius 2 is 1.74 bits per heavy atom. The topological polar surface area (TPSA) is 90.6 Å². The number of amides is 1. The number of aromatic nitrogens is 3. The molecule has 0 radical (unpaired) electrons. The number of aryl methyl sites for hydroxylation is 1. The third-order valence-electron chi connectivity index (χ3n) is 6.19. The first-order chi connectivity index (χ1) is 20.5. The van der Waals surface area contributed by atoms with Crippen molar-refractivity contribution in [1.82, 2.24) is 20.2 Å². The Morgan fingerprint density at radius 1 is 0.976 bits per heavy atom. The van der Waals surface area contributed by atoms with Crippen LogP contribution in [-0.2, 0) is 11.4 Å². The van der Waals surface area contributed by atoms with E-state index in [1.54, 1.807) is 19.4 Å². The van der Waals surface area contributed by atoms with Gasteiger partial charge in [0.25, 0.3) is 5.91 Å². The van der Waals surface area contributed by atoms with Crippen LogP contribution in [0.25, 0.3) is 17.1 Å². The monoisotopic (exact) mass is 597 g/mol. The van der Waals surface area contributed by atoms with Gasteiger partial charge in [0.2, 0.25) is 0 Å². The molecule has 0 bridgehead atoms. The van der Waals surface area contributed by atoms with Gasteiger partial charge in [0.05, 0.1) is 19.1 Å². The first kappa shape index (κ1) is 28.9. The molecule has 42 heavy (non-hydrogen) atoms. The van der Waals surface area contributed by atoms with Gasteiger partial charge in [-0.3, -0.25) is 9.36 Å². The largest absolute Gasteiger partial charge is 0.493 e. The predicted octanol–water partition coefficient (Wildman–Crippen LogP) is 6.73. The number of thioether (sulfide) groups is 1. The molecule has 0 atom stereocenters. The summed E-state index contributed by atoms with van der Waals surface area (Å²) in [7, 11) is 1.58. The smallest absolute Gasteiger partial charge is 0.250 e. The summed E-state index contributed by atoms with van der Waals surface area (Å²) in [4.78, 5) is 12.6. The van der Waals surface area contributed by atoms with E-state index >= 15 is 0 Å². The van der Waals surface area contributed by atoms with Crippen LogP contribution in [0.15, 0.2) is 107 Å². The summed E-state index contributed by atoms with van der Waals surface area (Å²) in [5.41, 5.74) is 7.27. The average molecular weight is 598 g/mol. The van der Waals surface area contributed by atoms with Gasteiger partial charge in [0.15, 0.2) is 22.5 Å². The minimum absolute atomic E-state index is 0.0948. The van der Waals surface area contributed by atoms with Crippen molar-refractivity contribution in [3.05, 3.63) is 119 Å². The second-order valence-corrected chi connectivity index (χ2v) is 10.6. The third-order valence-corrected chi connectivity index (χ3v) is 7.37. The Balaban J connectivity index is 1.23. The van der Waals surface area contributed by atoms with Crippen molar-refractivity contribution >= 4 is 35.5 Å². The highest BCUT2D eigenvalue weighted by atomic mass is 35.5. The van der Waals surface area contributed by atoms with Gasteiger partial charge in [-0.25, -0.2) is 5.43 Å². The van der Waals surface area contributed by atoms with Crippen LogP contribution < -0.4 is 14.9 Å². The van der Waals surface area contributed by atoms with Crippen LogP contribution in [0.5, 0.6) is 11.5 Å². The molecule has 0 fully saturated rings. The van der Waals surface area contributed by atoms with Gasteiger partial charge in [0.1, 0.15) is 6.61 Å². The van der Waals surface area contributed by atoms with Crippen molar-refractivity contribution in [3.63, 3.8) is 0 Å². The Labute approximate surface area is 253 Å². The lowest BCUT2D eigenvalue weighted by atomic mass is 10.2. The molecule has 0 aliphatic heterocycles. The summed E-state index contributed by atoms with van der Waals surface area (Å²) in [6.07, 6.45) is 1.56. The molecule has 0 saturated heterocycles. The first-order valence-corrected chi connectivity index (χ1v) is 14.4. The van der Waals surface area contributed by atoms with Gasteiger partial charge in [0, 0.05) is 16.3 Å². The maximum absolute atomic E-state index is 12.6. The highest BCUT2D eigenvalue weighted by molar-refractivity contribution is 7.99. The number of rotatable bonds is 11. The van der Waals surface area contributed by atoms with Crippen LogP contribution in [0.3, 0.4) is 0 Å². The maximum atomic E-state index is 12.6. The quantitative estimate of drug-likeness (QED) is 0.103. The SMILES string of the molecule is COc1cc(C=NNC(=O)CSc2nnc(-c3ccc(Cl)cc3)n2-c2ccc(C)cc2)ccc1OCc1ccccc1. The van der Waals surface area contributed by atoms with Gasteiger partial charge in [-0.1, -0.05) is 71.4 Å². The van der Waals surface area contributed by atoms with Crippen LogP contribution in [0.1, 0.15) is 16.7 Å². The number of carbonyl (C=O) groups is 1. The first-order valence-electron chi connectivity index (χ1n) is 13.1. The summed E-state index contributed by atoms with van der Waals surface area (Å²) in [5, 5.41) is 14.1. The Bertz CT molecular complexity index is 1670. The molecule has 0 spiro atoms. The lowest BCUT2D eigenvalue weighted by Gasteiger charge is -2.11. The molecular formula is C32H28ClN5O3S. The number of hydrazone groups is 1. The molecule has 1 amide bonds. The van der Waals surface area contributed by atoms with Crippen molar-refractivity contribution in [1.29, 1.82) is 0 Å². The van der Waals surface area contributed by atoms with Crippen LogP contribution in [0.2, 0.25) is 5.02 Å². The van der Waals surface area contributed by atoms with Crippen molar-refractivity contribution in [2.24, 2.45) is 5.10 Å². The lowest BCUT2D eigenvalue weighted by molar-refractivity contribution is -0.118.